The number of para-hydroxylation sites is 1. The van der Waals surface area contributed by atoms with Crippen molar-refractivity contribution in [2.75, 3.05) is 9.80 Å². The Kier molecular flexibility index (Phi) is 9.47. The Morgan fingerprint density at radius 2 is 0.781 bits per heavy atom. The Morgan fingerprint density at radius 1 is 0.356 bits per heavy atom. The highest BCUT2D eigenvalue weighted by atomic mass is 15.2. The third-order valence-corrected chi connectivity index (χ3v) is 15.6. The Labute approximate surface area is 427 Å². The van der Waals surface area contributed by atoms with E-state index in [4.69, 9.17) is 9.97 Å². The summed E-state index contributed by atoms with van der Waals surface area (Å²) >= 11 is 0. The van der Waals surface area contributed by atoms with Crippen molar-refractivity contribution in [3.05, 3.63) is 223 Å². The topological polar surface area (TPSA) is 32.3 Å². The average molecular weight is 937 g/mol. The van der Waals surface area contributed by atoms with E-state index in [1.165, 1.54) is 82.0 Å². The Morgan fingerprint density at radius 3 is 1.25 bits per heavy atom. The van der Waals surface area contributed by atoms with Gasteiger partial charge in [-0.3, -0.25) is 0 Å². The van der Waals surface area contributed by atoms with Crippen molar-refractivity contribution in [1.29, 1.82) is 0 Å². The second-order valence-electron chi connectivity index (χ2n) is 22.3. The van der Waals surface area contributed by atoms with E-state index in [0.29, 0.717) is 5.82 Å². The van der Waals surface area contributed by atoms with Crippen molar-refractivity contribution in [2.24, 2.45) is 0 Å². The molecule has 0 N–H and O–H groups in total. The zero-order valence-corrected chi connectivity index (χ0v) is 42.1. The Balaban J connectivity index is 1.14. The maximum atomic E-state index is 5.56. The van der Waals surface area contributed by atoms with E-state index >= 15 is 0 Å². The second-order valence-corrected chi connectivity index (χ2v) is 22.3. The van der Waals surface area contributed by atoms with Crippen LogP contribution in [0.2, 0.25) is 0 Å². The summed E-state index contributed by atoms with van der Waals surface area (Å²) in [6.07, 6.45) is 0. The third kappa shape index (κ3) is 7.05. The smallest absolute Gasteiger partial charge is 0.252 e. The highest BCUT2D eigenvalue weighted by Crippen LogP contribution is 2.48. The van der Waals surface area contributed by atoms with Crippen molar-refractivity contribution in [2.45, 2.75) is 52.4 Å². The van der Waals surface area contributed by atoms with Crippen LogP contribution < -0.4 is 26.2 Å². The van der Waals surface area contributed by atoms with Crippen LogP contribution in [0.15, 0.2) is 212 Å². The molecule has 0 unspecified atom stereocenters. The van der Waals surface area contributed by atoms with Gasteiger partial charge in [-0.1, -0.05) is 175 Å². The molecular weight excluding hydrogens is 884 g/mol. The molecule has 3 heterocycles. The number of rotatable bonds is 4. The van der Waals surface area contributed by atoms with Gasteiger partial charge in [0.1, 0.15) is 0 Å². The fourth-order valence-corrected chi connectivity index (χ4v) is 11.8. The van der Waals surface area contributed by atoms with E-state index in [9.17, 15) is 0 Å². The summed E-state index contributed by atoms with van der Waals surface area (Å²) in [7, 11) is 0. The largest absolute Gasteiger partial charge is 0.311 e. The number of nitrogens with zero attached hydrogens (tertiary/aromatic N) is 4. The van der Waals surface area contributed by atoms with E-state index in [2.05, 4.69) is 258 Å². The molecule has 348 valence electrons. The number of fused-ring (bicyclic) bond motifs is 9. The Hall–Kier alpha value is -8.54. The van der Waals surface area contributed by atoms with Crippen LogP contribution in [0.25, 0.3) is 76.6 Å². The van der Waals surface area contributed by atoms with Gasteiger partial charge in [0, 0.05) is 50.6 Å². The molecule has 12 aromatic rings. The zero-order valence-electron chi connectivity index (χ0n) is 42.1. The SMILES string of the molecule is CC(C)(C)c1ccc(N2c3cc4cc5ccccc5cc4cc3B3c4cc5cc6ccccc6cc5cc4N(c4ccc(C(C)(C)C)cc4)c4cc(-c5nc(-c6ccccc6)nc6ccccc56)cc2c43)cc1. The predicted octanol–water partition coefficient (Wildman–Crippen LogP) is 16.3. The van der Waals surface area contributed by atoms with Crippen LogP contribution in [0.5, 0.6) is 0 Å². The van der Waals surface area contributed by atoms with E-state index < -0.39 is 0 Å². The quantitative estimate of drug-likeness (QED) is 0.130. The third-order valence-electron chi connectivity index (χ3n) is 15.6. The van der Waals surface area contributed by atoms with Gasteiger partial charge in [0.2, 0.25) is 0 Å². The summed E-state index contributed by atoms with van der Waals surface area (Å²) in [6, 6.07) is 79.3. The van der Waals surface area contributed by atoms with E-state index in [-0.39, 0.29) is 17.5 Å². The molecular formula is C68H53BN4. The van der Waals surface area contributed by atoms with Crippen molar-refractivity contribution in [3.8, 4) is 22.6 Å². The van der Waals surface area contributed by atoms with E-state index in [1.807, 2.05) is 6.07 Å². The van der Waals surface area contributed by atoms with Gasteiger partial charge in [0.25, 0.3) is 6.71 Å². The summed E-state index contributed by atoms with van der Waals surface area (Å²) < 4.78 is 0. The van der Waals surface area contributed by atoms with Crippen LogP contribution in [0, 0.1) is 0 Å². The molecule has 73 heavy (non-hydrogen) atoms. The lowest BCUT2D eigenvalue weighted by atomic mass is 9.33. The number of benzene rings is 11. The van der Waals surface area contributed by atoms with E-state index in [1.54, 1.807) is 0 Å². The normalized spacial score (nSPS) is 13.3. The lowest BCUT2D eigenvalue weighted by molar-refractivity contribution is 0.590. The Bertz CT molecular complexity index is 4010. The van der Waals surface area contributed by atoms with Crippen LogP contribution in [-0.4, -0.2) is 16.7 Å². The van der Waals surface area contributed by atoms with Gasteiger partial charge in [-0.25, -0.2) is 9.97 Å². The minimum Gasteiger partial charge on any atom is -0.311 e. The van der Waals surface area contributed by atoms with Gasteiger partial charge in [0.05, 0.1) is 11.2 Å². The number of aromatic nitrogens is 2. The molecule has 0 aliphatic carbocycles. The standard InChI is InChI=1S/C68H53BN4/c1-67(2,3)52-24-28-54(29-25-52)72-60-38-49-34-45-20-12-10-18-43(45)32-47(49)36-57(60)69-58-37-48-33-44-19-11-13-21-46(44)35-50(48)39-61(58)73(55-30-26-53(27-31-55)68(4,5)6)63-41-51(40-62(72)64(63)69)65-56-22-14-15-23-59(56)70-66(71-65)42-16-8-7-9-17-42/h7-41H,1-6H3. The molecule has 0 radical (unpaired) electrons. The molecule has 0 amide bonds. The molecule has 1 aromatic heterocycles. The van der Waals surface area contributed by atoms with Crippen molar-refractivity contribution in [3.63, 3.8) is 0 Å². The first-order valence-corrected chi connectivity index (χ1v) is 25.7. The van der Waals surface area contributed by atoms with Crippen LogP contribution in [0.1, 0.15) is 52.7 Å². The van der Waals surface area contributed by atoms with Crippen LogP contribution in [0.4, 0.5) is 34.1 Å². The molecule has 2 aliphatic rings. The van der Waals surface area contributed by atoms with Gasteiger partial charge in [-0.15, -0.1) is 0 Å². The minimum absolute atomic E-state index is 0.00878. The molecule has 0 bridgehead atoms. The molecule has 0 saturated heterocycles. The molecule has 0 saturated carbocycles. The van der Waals surface area contributed by atoms with Gasteiger partial charge in [-0.2, -0.15) is 0 Å². The molecule has 11 aromatic carbocycles. The lowest BCUT2D eigenvalue weighted by Gasteiger charge is -2.45. The molecule has 0 fully saturated rings. The average Bonchev–Trinajstić information content (AvgIpc) is 3.40. The number of anilines is 6. The van der Waals surface area contributed by atoms with Gasteiger partial charge < -0.3 is 9.80 Å². The molecule has 4 nitrogen and oxygen atoms in total. The fraction of sp³-hybridized carbons (Fsp3) is 0.118. The van der Waals surface area contributed by atoms with Crippen molar-refractivity contribution in [1.82, 2.24) is 9.97 Å². The predicted molar refractivity (Wildman–Crippen MR) is 312 cm³/mol. The van der Waals surface area contributed by atoms with Gasteiger partial charge >= 0.3 is 0 Å². The molecule has 5 heteroatoms. The first kappa shape index (κ1) is 43.3. The lowest BCUT2D eigenvalue weighted by Crippen LogP contribution is -2.61. The van der Waals surface area contributed by atoms with Gasteiger partial charge in [-0.05, 0) is 160 Å². The van der Waals surface area contributed by atoms with Crippen LogP contribution in [0.3, 0.4) is 0 Å². The summed E-state index contributed by atoms with van der Waals surface area (Å²) in [6.45, 7) is 13.7. The summed E-state index contributed by atoms with van der Waals surface area (Å²) in [5.74, 6) is 0.705. The zero-order chi connectivity index (χ0) is 49.3. The van der Waals surface area contributed by atoms with Gasteiger partial charge in [0.15, 0.2) is 5.82 Å². The molecule has 14 rings (SSSR count). The monoisotopic (exact) mass is 936 g/mol. The summed E-state index contributed by atoms with van der Waals surface area (Å²) in [5, 5.41) is 10.8. The molecule has 0 atom stereocenters. The molecule has 2 aliphatic heterocycles. The molecule has 0 spiro atoms. The number of hydrogen-bond donors (Lipinski definition) is 0. The summed E-state index contributed by atoms with van der Waals surface area (Å²) in [4.78, 5) is 15.9. The minimum atomic E-state index is -0.104. The second kappa shape index (κ2) is 16.0. The van der Waals surface area contributed by atoms with Crippen molar-refractivity contribution >= 4 is 111 Å². The van der Waals surface area contributed by atoms with Crippen LogP contribution in [-0.2, 0) is 10.8 Å². The maximum Gasteiger partial charge on any atom is 0.252 e. The van der Waals surface area contributed by atoms with Crippen molar-refractivity contribution < 1.29 is 0 Å². The summed E-state index contributed by atoms with van der Waals surface area (Å²) in [5.41, 5.74) is 17.1. The van der Waals surface area contributed by atoms with Crippen LogP contribution >= 0.6 is 0 Å². The first-order chi connectivity index (χ1) is 35.4. The highest BCUT2D eigenvalue weighted by Gasteiger charge is 2.44. The fourth-order valence-electron chi connectivity index (χ4n) is 11.8. The number of hydrogen-bond acceptors (Lipinski definition) is 4. The van der Waals surface area contributed by atoms with E-state index in [0.717, 1.165) is 50.5 Å². The maximum absolute atomic E-state index is 5.56. The highest BCUT2D eigenvalue weighted by molar-refractivity contribution is 7.00. The first-order valence-electron chi connectivity index (χ1n) is 25.7.